The summed E-state index contributed by atoms with van der Waals surface area (Å²) in [5.74, 6) is 2.08. The van der Waals surface area contributed by atoms with Crippen molar-refractivity contribution in [3.05, 3.63) is 0 Å². The zero-order valence-electron chi connectivity index (χ0n) is 10.9. The number of ether oxygens (including phenoxy) is 1. The standard InChI is InChI=1S/C12H23NO3S/c1-12(2,3)16-11(15)13(6-4-7-14)10-5-8-17-9-10/h10,14H,4-9H2,1-3H3. The van der Waals surface area contributed by atoms with Crippen molar-refractivity contribution in [2.45, 2.75) is 45.3 Å². The van der Waals surface area contributed by atoms with Crippen LogP contribution < -0.4 is 0 Å². The first-order chi connectivity index (χ1) is 7.94. The van der Waals surface area contributed by atoms with Crippen LogP contribution in [0.3, 0.4) is 0 Å². The van der Waals surface area contributed by atoms with Crippen molar-refractivity contribution < 1.29 is 14.6 Å². The van der Waals surface area contributed by atoms with Crippen molar-refractivity contribution in [1.82, 2.24) is 4.90 Å². The smallest absolute Gasteiger partial charge is 0.410 e. The summed E-state index contributed by atoms with van der Waals surface area (Å²) in [5, 5.41) is 8.89. The summed E-state index contributed by atoms with van der Waals surface area (Å²) >= 11 is 1.87. The number of nitrogens with zero attached hydrogens (tertiary/aromatic N) is 1. The Morgan fingerprint density at radius 2 is 2.24 bits per heavy atom. The Morgan fingerprint density at radius 3 is 2.71 bits per heavy atom. The van der Waals surface area contributed by atoms with Crippen molar-refractivity contribution in [2.24, 2.45) is 0 Å². The van der Waals surface area contributed by atoms with E-state index in [2.05, 4.69) is 0 Å². The van der Waals surface area contributed by atoms with Crippen LogP contribution in [0.15, 0.2) is 0 Å². The molecule has 4 nitrogen and oxygen atoms in total. The lowest BCUT2D eigenvalue weighted by molar-refractivity contribution is 0.0171. The van der Waals surface area contributed by atoms with Crippen LogP contribution in [0.25, 0.3) is 0 Å². The maximum atomic E-state index is 12.1. The van der Waals surface area contributed by atoms with Gasteiger partial charge in [0.2, 0.25) is 0 Å². The summed E-state index contributed by atoms with van der Waals surface area (Å²) in [4.78, 5) is 13.8. The SMILES string of the molecule is CC(C)(C)OC(=O)N(CCCO)C1CCSC1. The highest BCUT2D eigenvalue weighted by Crippen LogP contribution is 2.24. The number of hydrogen-bond acceptors (Lipinski definition) is 4. The Morgan fingerprint density at radius 1 is 1.53 bits per heavy atom. The lowest BCUT2D eigenvalue weighted by atomic mass is 10.2. The Kier molecular flexibility index (Phi) is 5.59. The fourth-order valence-corrected chi connectivity index (χ4v) is 2.98. The molecular weight excluding hydrogens is 238 g/mol. The second-order valence-corrected chi connectivity index (χ2v) is 6.42. The summed E-state index contributed by atoms with van der Waals surface area (Å²) in [5.41, 5.74) is -0.458. The lowest BCUT2D eigenvalue weighted by Gasteiger charge is -2.31. The van der Waals surface area contributed by atoms with Gasteiger partial charge in [0, 0.05) is 24.9 Å². The average Bonchev–Trinajstić information content (AvgIpc) is 2.68. The number of carbonyl (C=O) groups excluding carboxylic acids is 1. The summed E-state index contributed by atoms with van der Waals surface area (Å²) in [7, 11) is 0. The van der Waals surface area contributed by atoms with Crippen LogP contribution >= 0.6 is 11.8 Å². The molecule has 0 aromatic rings. The van der Waals surface area contributed by atoms with Crippen LogP contribution in [0, 0.1) is 0 Å². The van der Waals surface area contributed by atoms with Crippen molar-refractivity contribution in [3.8, 4) is 0 Å². The zero-order chi connectivity index (χ0) is 12.9. The summed E-state index contributed by atoms with van der Waals surface area (Å²) in [6, 6.07) is 0.265. The number of rotatable bonds is 4. The van der Waals surface area contributed by atoms with Gasteiger partial charge < -0.3 is 14.7 Å². The van der Waals surface area contributed by atoms with Gasteiger partial charge >= 0.3 is 6.09 Å². The van der Waals surface area contributed by atoms with E-state index in [1.165, 1.54) is 0 Å². The zero-order valence-corrected chi connectivity index (χ0v) is 11.8. The first-order valence-electron chi connectivity index (χ1n) is 6.12. The highest BCUT2D eigenvalue weighted by molar-refractivity contribution is 7.99. The van der Waals surface area contributed by atoms with Crippen LogP contribution in [0.4, 0.5) is 4.79 Å². The third kappa shape index (κ3) is 5.17. The van der Waals surface area contributed by atoms with Crippen LogP contribution in [0.1, 0.15) is 33.6 Å². The maximum Gasteiger partial charge on any atom is 0.410 e. The monoisotopic (exact) mass is 261 g/mol. The number of thioether (sulfide) groups is 1. The van der Waals surface area contributed by atoms with Crippen LogP contribution in [-0.2, 0) is 4.74 Å². The van der Waals surface area contributed by atoms with E-state index >= 15 is 0 Å². The Balaban J connectivity index is 2.57. The number of amides is 1. The van der Waals surface area contributed by atoms with Gasteiger partial charge in [-0.1, -0.05) is 0 Å². The van der Waals surface area contributed by atoms with Gasteiger partial charge in [0.05, 0.1) is 0 Å². The molecule has 0 bridgehead atoms. The average molecular weight is 261 g/mol. The topological polar surface area (TPSA) is 49.8 Å². The summed E-state index contributed by atoms with van der Waals surface area (Å²) in [6.07, 6.45) is 1.38. The van der Waals surface area contributed by atoms with Gasteiger partial charge in [-0.15, -0.1) is 0 Å². The van der Waals surface area contributed by atoms with E-state index in [-0.39, 0.29) is 18.7 Å². The first-order valence-corrected chi connectivity index (χ1v) is 7.28. The molecule has 0 radical (unpaired) electrons. The number of aliphatic hydroxyl groups excluding tert-OH is 1. The van der Waals surface area contributed by atoms with Gasteiger partial charge in [-0.25, -0.2) is 4.79 Å². The molecule has 1 saturated heterocycles. The normalized spacial score (nSPS) is 20.4. The molecular formula is C12H23NO3S. The molecule has 0 spiro atoms. The second kappa shape index (κ2) is 6.50. The van der Waals surface area contributed by atoms with E-state index in [1.54, 1.807) is 4.90 Å². The van der Waals surface area contributed by atoms with Crippen molar-refractivity contribution >= 4 is 17.9 Å². The number of hydrogen-bond donors (Lipinski definition) is 1. The van der Waals surface area contributed by atoms with Gasteiger partial charge in [-0.3, -0.25) is 0 Å². The summed E-state index contributed by atoms with van der Waals surface area (Å²) in [6.45, 7) is 6.31. The third-order valence-electron chi connectivity index (χ3n) is 2.53. The minimum Gasteiger partial charge on any atom is -0.444 e. The molecule has 1 amide bonds. The Bertz CT molecular complexity index is 247. The molecule has 1 atom stereocenters. The fraction of sp³-hybridized carbons (Fsp3) is 0.917. The molecule has 0 aromatic heterocycles. The van der Waals surface area contributed by atoms with Crippen LogP contribution in [0.5, 0.6) is 0 Å². The van der Waals surface area contributed by atoms with Crippen LogP contribution in [-0.4, -0.2) is 52.4 Å². The molecule has 1 aliphatic rings. The maximum absolute atomic E-state index is 12.1. The number of carbonyl (C=O) groups is 1. The molecule has 0 saturated carbocycles. The quantitative estimate of drug-likeness (QED) is 0.842. The molecule has 17 heavy (non-hydrogen) atoms. The van der Waals surface area contributed by atoms with Crippen molar-refractivity contribution in [1.29, 1.82) is 0 Å². The van der Waals surface area contributed by atoms with E-state index in [4.69, 9.17) is 9.84 Å². The highest BCUT2D eigenvalue weighted by Gasteiger charge is 2.30. The molecule has 1 aliphatic heterocycles. The van der Waals surface area contributed by atoms with Crippen molar-refractivity contribution in [2.75, 3.05) is 24.7 Å². The molecule has 5 heteroatoms. The van der Waals surface area contributed by atoms with Crippen molar-refractivity contribution in [3.63, 3.8) is 0 Å². The van der Waals surface area contributed by atoms with Gasteiger partial charge in [-0.2, -0.15) is 11.8 Å². The minimum absolute atomic E-state index is 0.110. The molecule has 0 aliphatic carbocycles. The molecule has 1 unspecified atom stereocenters. The molecule has 100 valence electrons. The lowest BCUT2D eigenvalue weighted by Crippen LogP contribution is -2.44. The number of aliphatic hydroxyl groups is 1. The van der Waals surface area contributed by atoms with Crippen LogP contribution in [0.2, 0.25) is 0 Å². The Hall–Kier alpha value is -0.420. The molecule has 0 aromatic carbocycles. The third-order valence-corrected chi connectivity index (χ3v) is 3.68. The largest absolute Gasteiger partial charge is 0.444 e. The van der Waals surface area contributed by atoms with Gasteiger partial charge in [0.25, 0.3) is 0 Å². The molecule has 1 N–H and O–H groups in total. The summed E-state index contributed by atoms with van der Waals surface area (Å²) < 4.78 is 5.41. The van der Waals surface area contributed by atoms with E-state index in [9.17, 15) is 4.79 Å². The van der Waals surface area contributed by atoms with E-state index in [0.717, 1.165) is 17.9 Å². The Labute approximate surface area is 108 Å². The van der Waals surface area contributed by atoms with Gasteiger partial charge in [-0.05, 0) is 39.4 Å². The van der Waals surface area contributed by atoms with Gasteiger partial charge in [0.1, 0.15) is 5.60 Å². The van der Waals surface area contributed by atoms with E-state index in [1.807, 2.05) is 32.5 Å². The molecule has 1 rings (SSSR count). The highest BCUT2D eigenvalue weighted by atomic mass is 32.2. The molecule has 1 heterocycles. The predicted octanol–water partition coefficient (Wildman–Crippen LogP) is 2.11. The van der Waals surface area contributed by atoms with Gasteiger partial charge in [0.15, 0.2) is 0 Å². The fourth-order valence-electron chi connectivity index (χ4n) is 1.75. The van der Waals surface area contributed by atoms with E-state index < -0.39 is 5.60 Å². The molecule has 1 fully saturated rings. The second-order valence-electron chi connectivity index (χ2n) is 5.27. The van der Waals surface area contributed by atoms with E-state index in [0.29, 0.717) is 13.0 Å². The first kappa shape index (κ1) is 14.6. The predicted molar refractivity (Wildman–Crippen MR) is 70.4 cm³/mol. The minimum atomic E-state index is -0.458.